The van der Waals surface area contributed by atoms with Crippen LogP contribution < -0.4 is 0 Å². The Balaban J connectivity index is 0. The van der Waals surface area contributed by atoms with Crippen molar-refractivity contribution >= 4 is 19.5 Å². The topological polar surface area (TPSA) is 0 Å². The van der Waals surface area contributed by atoms with Gasteiger partial charge in [-0.2, -0.15) is 0 Å². The lowest BCUT2D eigenvalue weighted by Gasteiger charge is -1.80. The highest BCUT2D eigenvalue weighted by atomic mass is 31.1. The molecule has 0 atom stereocenters. The van der Waals surface area contributed by atoms with Crippen molar-refractivity contribution in [1.82, 2.24) is 0 Å². The van der Waals surface area contributed by atoms with Gasteiger partial charge in [0.1, 0.15) is 0 Å². The van der Waals surface area contributed by atoms with Crippen molar-refractivity contribution in [2.24, 2.45) is 0 Å². The molecule has 0 heterocycles. The van der Waals surface area contributed by atoms with Crippen molar-refractivity contribution in [2.75, 3.05) is 12.3 Å². The van der Waals surface area contributed by atoms with Gasteiger partial charge in [-0.05, 0) is 23.3 Å². The minimum atomic E-state index is 0. The third-order valence-electron chi connectivity index (χ3n) is 0.500. The maximum absolute atomic E-state index is 2.22. The molecule has 0 aromatic heterocycles. The summed E-state index contributed by atoms with van der Waals surface area (Å²) in [6.07, 6.45) is 2.74. The Bertz CT molecular complexity index is 15.0. The van der Waals surface area contributed by atoms with Crippen molar-refractivity contribution in [3.8, 4) is 0 Å². The Morgan fingerprint density at radius 1 is 1.17 bits per heavy atom. The molecule has 0 nitrogen and oxygen atoms in total. The maximum Gasteiger partial charge on any atom is -0.0149 e. The van der Waals surface area contributed by atoms with E-state index in [4.69, 9.17) is 0 Å². The molecule has 0 bridgehead atoms. The molecule has 0 saturated heterocycles. The van der Waals surface area contributed by atoms with Gasteiger partial charge < -0.3 is 0 Å². The van der Waals surface area contributed by atoms with Gasteiger partial charge in [0, 0.05) is 0 Å². The van der Waals surface area contributed by atoms with Crippen molar-refractivity contribution in [3.05, 3.63) is 0 Å². The standard InChI is InChI=1S/C4H11P.H4Si/c1-3-5-4-2;/h5H,3-4H2,1-2H3;1H4. The van der Waals surface area contributed by atoms with E-state index >= 15 is 0 Å². The van der Waals surface area contributed by atoms with E-state index in [-0.39, 0.29) is 11.0 Å². The summed E-state index contributed by atoms with van der Waals surface area (Å²) in [5.74, 6) is 0. The van der Waals surface area contributed by atoms with E-state index in [1.165, 1.54) is 20.9 Å². The molecule has 0 rings (SSSR count). The van der Waals surface area contributed by atoms with Gasteiger partial charge in [0.15, 0.2) is 0 Å². The average molecular weight is 122 g/mol. The first kappa shape index (κ1) is 9.82. The van der Waals surface area contributed by atoms with E-state index in [2.05, 4.69) is 13.8 Å². The summed E-state index contributed by atoms with van der Waals surface area (Å²) < 4.78 is 0. The minimum Gasteiger partial charge on any atom is -0.123 e. The molecular formula is C4H15PSi. The molecular weight excluding hydrogens is 107 g/mol. The van der Waals surface area contributed by atoms with Crippen molar-refractivity contribution < 1.29 is 0 Å². The molecule has 0 saturated carbocycles. The van der Waals surface area contributed by atoms with E-state index in [1.807, 2.05) is 0 Å². The molecule has 6 heavy (non-hydrogen) atoms. The summed E-state index contributed by atoms with van der Waals surface area (Å²) in [6.45, 7) is 4.45. The lowest BCUT2D eigenvalue weighted by atomic mass is 11.0. The molecule has 0 aromatic rings. The summed E-state index contributed by atoms with van der Waals surface area (Å²) in [7, 11) is 1.20. The van der Waals surface area contributed by atoms with E-state index in [1.54, 1.807) is 0 Å². The summed E-state index contributed by atoms with van der Waals surface area (Å²) in [5, 5.41) is 0. The number of hydrogen-bond acceptors (Lipinski definition) is 0. The highest BCUT2D eigenvalue weighted by Gasteiger charge is 1.66. The lowest BCUT2D eigenvalue weighted by Crippen LogP contribution is -1.59. The van der Waals surface area contributed by atoms with Crippen LogP contribution in [0.5, 0.6) is 0 Å². The normalized spacial score (nSPS) is 7.00. The van der Waals surface area contributed by atoms with Crippen LogP contribution in [-0.4, -0.2) is 23.3 Å². The Morgan fingerprint density at radius 3 is 1.50 bits per heavy atom. The second-order valence-electron chi connectivity index (χ2n) is 0.957. The maximum atomic E-state index is 2.22. The first-order chi connectivity index (χ1) is 2.41. The van der Waals surface area contributed by atoms with Crippen molar-refractivity contribution in [1.29, 1.82) is 0 Å². The lowest BCUT2D eigenvalue weighted by molar-refractivity contribution is 1.44. The van der Waals surface area contributed by atoms with Crippen LogP contribution in [0, 0.1) is 0 Å². The monoisotopic (exact) mass is 122 g/mol. The Labute approximate surface area is 46.5 Å². The third kappa shape index (κ3) is 8.82. The van der Waals surface area contributed by atoms with Gasteiger partial charge >= 0.3 is 0 Å². The summed E-state index contributed by atoms with van der Waals surface area (Å²) in [4.78, 5) is 0. The quantitative estimate of drug-likeness (QED) is 0.364. The summed E-state index contributed by atoms with van der Waals surface area (Å²) >= 11 is 0. The van der Waals surface area contributed by atoms with Gasteiger partial charge in [0.25, 0.3) is 0 Å². The fourth-order valence-electron chi connectivity index (χ4n) is 0.250. The Kier molecular flexibility index (Phi) is 15.0. The Hall–Kier alpha value is 0.647. The molecule has 0 aliphatic carbocycles. The zero-order valence-corrected chi connectivity index (χ0v) is 4.91. The van der Waals surface area contributed by atoms with Gasteiger partial charge in [0.05, 0.1) is 0 Å². The van der Waals surface area contributed by atoms with Crippen molar-refractivity contribution in [2.45, 2.75) is 13.8 Å². The van der Waals surface area contributed by atoms with Crippen LogP contribution in [0.4, 0.5) is 0 Å². The van der Waals surface area contributed by atoms with E-state index in [9.17, 15) is 0 Å². The van der Waals surface area contributed by atoms with E-state index in [0.29, 0.717) is 0 Å². The molecule has 0 aliphatic heterocycles. The minimum absolute atomic E-state index is 0. The second-order valence-corrected chi connectivity index (χ2v) is 2.87. The van der Waals surface area contributed by atoms with Crippen LogP contribution in [0.15, 0.2) is 0 Å². The highest BCUT2D eigenvalue weighted by molar-refractivity contribution is 7.37. The molecule has 0 aromatic carbocycles. The molecule has 0 spiro atoms. The average Bonchev–Trinajstić information content (AvgIpc) is 1.41. The first-order valence-corrected chi connectivity index (χ1v) is 3.54. The predicted octanol–water partition coefficient (Wildman–Crippen LogP) is 0.253. The SMILES string of the molecule is CCPCC.[SiH4]. The smallest absolute Gasteiger partial charge is 0.0149 e. The zero-order chi connectivity index (χ0) is 4.12. The number of hydrogen-bond donors (Lipinski definition) is 0. The van der Waals surface area contributed by atoms with Crippen LogP contribution in [0.25, 0.3) is 0 Å². The first-order valence-electron chi connectivity index (χ1n) is 2.12. The van der Waals surface area contributed by atoms with Gasteiger partial charge in [-0.25, -0.2) is 0 Å². The van der Waals surface area contributed by atoms with Gasteiger partial charge in [-0.3, -0.25) is 0 Å². The predicted molar refractivity (Wildman–Crippen MR) is 40.7 cm³/mol. The van der Waals surface area contributed by atoms with Crippen LogP contribution in [0.3, 0.4) is 0 Å². The molecule has 2 heteroatoms. The largest absolute Gasteiger partial charge is 0.123 e. The van der Waals surface area contributed by atoms with Crippen LogP contribution >= 0.6 is 8.58 Å². The molecule has 0 N–H and O–H groups in total. The summed E-state index contributed by atoms with van der Waals surface area (Å²) in [5.41, 5.74) is 0. The molecule has 0 radical (unpaired) electrons. The van der Waals surface area contributed by atoms with E-state index < -0.39 is 0 Å². The molecule has 0 aliphatic rings. The third-order valence-corrected chi connectivity index (χ3v) is 1.50. The fourth-order valence-corrected chi connectivity index (χ4v) is 0.750. The fraction of sp³-hybridized carbons (Fsp3) is 1.00. The molecule has 40 valence electrons. The van der Waals surface area contributed by atoms with Gasteiger partial charge in [0.2, 0.25) is 0 Å². The Morgan fingerprint density at radius 2 is 1.50 bits per heavy atom. The number of rotatable bonds is 2. The van der Waals surface area contributed by atoms with Crippen LogP contribution in [-0.2, 0) is 0 Å². The highest BCUT2D eigenvalue weighted by Crippen LogP contribution is 2.03. The van der Waals surface area contributed by atoms with Crippen LogP contribution in [0.2, 0.25) is 0 Å². The molecule has 0 amide bonds. The zero-order valence-electron chi connectivity index (χ0n) is 3.91. The van der Waals surface area contributed by atoms with E-state index in [0.717, 1.165) is 0 Å². The van der Waals surface area contributed by atoms with Gasteiger partial charge in [-0.15, -0.1) is 8.58 Å². The van der Waals surface area contributed by atoms with Crippen LogP contribution in [0.1, 0.15) is 13.8 Å². The molecule has 0 fully saturated rings. The van der Waals surface area contributed by atoms with Crippen molar-refractivity contribution in [3.63, 3.8) is 0 Å². The summed E-state index contributed by atoms with van der Waals surface area (Å²) in [6, 6.07) is 0. The molecule has 0 unspecified atom stereocenters. The van der Waals surface area contributed by atoms with Gasteiger partial charge in [-0.1, -0.05) is 13.8 Å². The second kappa shape index (κ2) is 9.17.